The Balaban J connectivity index is 1.29. The fraction of sp³-hybridized carbons (Fsp3) is 0.233. The van der Waals surface area contributed by atoms with Gasteiger partial charge in [0.2, 0.25) is 5.91 Å². The maximum absolute atomic E-state index is 12.8. The molecule has 4 rings (SSSR count). The van der Waals surface area contributed by atoms with Crippen LogP contribution in [-0.4, -0.2) is 41.7 Å². The molecule has 9 heteroatoms. The summed E-state index contributed by atoms with van der Waals surface area (Å²) < 4.78 is 12.6. The van der Waals surface area contributed by atoms with E-state index in [-0.39, 0.29) is 16.9 Å². The molecule has 7 nitrogen and oxygen atoms in total. The molecule has 1 N–H and O–H groups in total. The number of nitrogens with one attached hydrogen (secondary N) is 1. The number of amides is 3. The number of benzene rings is 3. The summed E-state index contributed by atoms with van der Waals surface area (Å²) in [6.07, 6.45) is 1.63. The number of carbonyl (C=O) groups is 3. The van der Waals surface area contributed by atoms with Crippen molar-refractivity contribution < 1.29 is 23.9 Å². The highest BCUT2D eigenvalue weighted by Gasteiger charge is 2.36. The zero-order valence-corrected chi connectivity index (χ0v) is 24.9. The average molecular weight is 657 g/mol. The van der Waals surface area contributed by atoms with Gasteiger partial charge in [0.15, 0.2) is 0 Å². The van der Waals surface area contributed by atoms with E-state index in [0.717, 1.165) is 26.0 Å². The minimum absolute atomic E-state index is 0.0886. The topological polar surface area (TPSA) is 84.9 Å². The van der Waals surface area contributed by atoms with Crippen LogP contribution in [0.5, 0.6) is 11.5 Å². The lowest BCUT2D eigenvalue weighted by atomic mass is 9.87. The van der Waals surface area contributed by atoms with Crippen LogP contribution in [-0.2, 0) is 15.0 Å². The highest BCUT2D eigenvalue weighted by Crippen LogP contribution is 2.32. The molecule has 0 aliphatic carbocycles. The smallest absolute Gasteiger partial charge is 0.294 e. The predicted molar refractivity (Wildman–Crippen MR) is 163 cm³/mol. The highest BCUT2D eigenvalue weighted by atomic mass is 127. The number of anilines is 1. The van der Waals surface area contributed by atoms with Crippen LogP contribution >= 0.6 is 34.4 Å². The van der Waals surface area contributed by atoms with Crippen LogP contribution in [0.25, 0.3) is 6.08 Å². The van der Waals surface area contributed by atoms with Crippen molar-refractivity contribution in [3.8, 4) is 11.5 Å². The molecule has 0 radical (unpaired) electrons. The first-order chi connectivity index (χ1) is 18.6. The van der Waals surface area contributed by atoms with Crippen molar-refractivity contribution in [1.82, 2.24) is 4.90 Å². The first-order valence-corrected chi connectivity index (χ1v) is 14.2. The van der Waals surface area contributed by atoms with Gasteiger partial charge in [0.1, 0.15) is 31.3 Å². The fourth-order valence-corrected chi connectivity index (χ4v) is 4.93. The summed E-state index contributed by atoms with van der Waals surface area (Å²) in [7, 11) is 0. The standard InChI is InChI=1S/C30H29IN2O5S/c1-30(2,3)21-7-13-24(14-8-21)37-15-16-38-25-6-4-5-20(17-25)18-26-28(35)33(29(36)39-26)19-27(34)32-23-11-9-22(31)10-12-23/h4-14,17-18H,15-16,19H2,1-3H3,(H,32,34)/b26-18-. The van der Waals surface area contributed by atoms with Gasteiger partial charge in [-0.05, 0) is 106 Å². The Bertz CT molecular complexity index is 1380. The third-order valence-corrected chi connectivity index (χ3v) is 7.43. The van der Waals surface area contributed by atoms with Gasteiger partial charge in [-0.15, -0.1) is 0 Å². The minimum Gasteiger partial charge on any atom is -0.490 e. The molecule has 0 unspecified atom stereocenters. The van der Waals surface area contributed by atoms with E-state index in [0.29, 0.717) is 30.2 Å². The van der Waals surface area contributed by atoms with Crippen molar-refractivity contribution in [2.75, 3.05) is 25.1 Å². The van der Waals surface area contributed by atoms with Crippen LogP contribution in [0.15, 0.2) is 77.7 Å². The first kappa shape index (κ1) is 28.7. The lowest BCUT2D eigenvalue weighted by Gasteiger charge is -2.19. The quantitative estimate of drug-likeness (QED) is 0.156. The van der Waals surface area contributed by atoms with Crippen molar-refractivity contribution in [3.05, 3.63) is 92.4 Å². The summed E-state index contributed by atoms with van der Waals surface area (Å²) in [6, 6.07) is 22.5. The van der Waals surface area contributed by atoms with E-state index in [4.69, 9.17) is 9.47 Å². The minimum atomic E-state index is -0.500. The van der Waals surface area contributed by atoms with Crippen molar-refractivity contribution in [2.45, 2.75) is 26.2 Å². The Labute approximate surface area is 246 Å². The third-order valence-electron chi connectivity index (χ3n) is 5.80. The normalized spacial score (nSPS) is 14.6. The fourth-order valence-electron chi connectivity index (χ4n) is 3.73. The van der Waals surface area contributed by atoms with Gasteiger partial charge >= 0.3 is 0 Å². The summed E-state index contributed by atoms with van der Waals surface area (Å²) in [4.78, 5) is 38.9. The van der Waals surface area contributed by atoms with Crippen LogP contribution in [0.2, 0.25) is 0 Å². The molecule has 0 spiro atoms. The number of carbonyl (C=O) groups excluding carboxylic acids is 3. The molecule has 202 valence electrons. The Kier molecular flexibility index (Phi) is 9.34. The molecule has 39 heavy (non-hydrogen) atoms. The van der Waals surface area contributed by atoms with Crippen LogP contribution < -0.4 is 14.8 Å². The summed E-state index contributed by atoms with van der Waals surface area (Å²) in [5.74, 6) is 0.456. The van der Waals surface area contributed by atoms with E-state index < -0.39 is 17.1 Å². The maximum Gasteiger partial charge on any atom is 0.294 e. The predicted octanol–water partition coefficient (Wildman–Crippen LogP) is 6.72. The monoisotopic (exact) mass is 656 g/mol. The zero-order valence-electron chi connectivity index (χ0n) is 21.9. The van der Waals surface area contributed by atoms with Gasteiger partial charge in [0.05, 0.1) is 4.91 Å². The Morgan fingerprint density at radius 3 is 2.28 bits per heavy atom. The molecular weight excluding hydrogens is 627 g/mol. The lowest BCUT2D eigenvalue weighted by molar-refractivity contribution is -0.127. The van der Waals surface area contributed by atoms with Crippen molar-refractivity contribution >= 4 is 63.2 Å². The maximum atomic E-state index is 12.8. The molecule has 0 saturated carbocycles. The molecule has 1 saturated heterocycles. The van der Waals surface area contributed by atoms with Gasteiger partial charge < -0.3 is 14.8 Å². The molecule has 1 fully saturated rings. The van der Waals surface area contributed by atoms with Crippen molar-refractivity contribution in [2.24, 2.45) is 0 Å². The van der Waals surface area contributed by atoms with E-state index in [1.807, 2.05) is 42.5 Å². The van der Waals surface area contributed by atoms with Gasteiger partial charge in [-0.1, -0.05) is 45.0 Å². The molecule has 1 aliphatic heterocycles. The molecule has 0 aromatic heterocycles. The summed E-state index contributed by atoms with van der Waals surface area (Å²) in [5, 5.41) is 2.23. The summed E-state index contributed by atoms with van der Waals surface area (Å²) in [5.41, 5.74) is 2.64. The molecule has 1 heterocycles. The summed E-state index contributed by atoms with van der Waals surface area (Å²) in [6.45, 7) is 6.88. The summed E-state index contributed by atoms with van der Waals surface area (Å²) >= 11 is 2.98. The molecule has 3 aromatic rings. The van der Waals surface area contributed by atoms with E-state index in [2.05, 4.69) is 60.8 Å². The van der Waals surface area contributed by atoms with Gasteiger partial charge in [-0.2, -0.15) is 0 Å². The molecule has 3 aromatic carbocycles. The van der Waals surface area contributed by atoms with Crippen LogP contribution in [0.1, 0.15) is 31.9 Å². The zero-order chi connectivity index (χ0) is 28.0. The first-order valence-electron chi connectivity index (χ1n) is 12.4. The number of imide groups is 1. The average Bonchev–Trinajstić information content (AvgIpc) is 3.15. The molecule has 0 atom stereocenters. The van der Waals surface area contributed by atoms with Gasteiger partial charge in [-0.25, -0.2) is 0 Å². The second-order valence-electron chi connectivity index (χ2n) is 9.87. The lowest BCUT2D eigenvalue weighted by Crippen LogP contribution is -2.36. The second kappa shape index (κ2) is 12.7. The van der Waals surface area contributed by atoms with Crippen LogP contribution in [0.4, 0.5) is 10.5 Å². The number of thioether (sulfide) groups is 1. The van der Waals surface area contributed by atoms with Crippen LogP contribution in [0, 0.1) is 3.57 Å². The molecule has 1 aliphatic rings. The van der Waals surface area contributed by atoms with Gasteiger partial charge in [0, 0.05) is 9.26 Å². The number of rotatable bonds is 9. The number of ether oxygens (including phenoxy) is 2. The van der Waals surface area contributed by atoms with E-state index in [9.17, 15) is 14.4 Å². The van der Waals surface area contributed by atoms with Gasteiger partial charge in [-0.3, -0.25) is 19.3 Å². The Morgan fingerprint density at radius 1 is 0.949 bits per heavy atom. The highest BCUT2D eigenvalue weighted by molar-refractivity contribution is 14.1. The number of nitrogens with zero attached hydrogens (tertiary/aromatic N) is 1. The molecule has 3 amide bonds. The van der Waals surface area contributed by atoms with Crippen LogP contribution in [0.3, 0.4) is 0 Å². The number of hydrogen-bond acceptors (Lipinski definition) is 6. The van der Waals surface area contributed by atoms with E-state index in [1.54, 1.807) is 24.3 Å². The third kappa shape index (κ3) is 8.09. The van der Waals surface area contributed by atoms with E-state index in [1.165, 1.54) is 5.56 Å². The number of hydrogen-bond donors (Lipinski definition) is 1. The Morgan fingerprint density at radius 2 is 1.62 bits per heavy atom. The van der Waals surface area contributed by atoms with E-state index >= 15 is 0 Å². The number of halogens is 1. The Hall–Kier alpha value is -3.31. The van der Waals surface area contributed by atoms with Crippen molar-refractivity contribution in [1.29, 1.82) is 0 Å². The SMILES string of the molecule is CC(C)(C)c1ccc(OCCOc2cccc(/C=C3\SC(=O)N(CC(=O)Nc4ccc(I)cc4)C3=O)c2)cc1. The second-order valence-corrected chi connectivity index (χ2v) is 12.1. The van der Waals surface area contributed by atoms with Crippen molar-refractivity contribution in [3.63, 3.8) is 0 Å². The molecular formula is C30H29IN2O5S. The largest absolute Gasteiger partial charge is 0.490 e. The molecule has 0 bridgehead atoms. The van der Waals surface area contributed by atoms with Gasteiger partial charge in [0.25, 0.3) is 11.1 Å².